The molecule has 0 bridgehead atoms. The number of hydrogen-bond acceptors (Lipinski definition) is 4. The summed E-state index contributed by atoms with van der Waals surface area (Å²) in [6, 6.07) is 7.16. The van der Waals surface area contributed by atoms with Crippen LogP contribution in [0, 0.1) is 0 Å². The first-order valence-corrected chi connectivity index (χ1v) is 3.39. The van der Waals surface area contributed by atoms with Gasteiger partial charge >= 0.3 is 0 Å². The average Bonchev–Trinajstić information content (AvgIpc) is 2.15. The summed E-state index contributed by atoms with van der Waals surface area (Å²) in [7, 11) is 1.59. The highest BCUT2D eigenvalue weighted by atomic mass is 16.5. The largest absolute Gasteiger partial charge is 0.497 e. The molecular weight excluding hydrogens is 156 g/mol. The van der Waals surface area contributed by atoms with Crippen LogP contribution in [0.25, 0.3) is 0 Å². The van der Waals surface area contributed by atoms with E-state index in [1.807, 2.05) is 12.1 Å². The van der Waals surface area contributed by atoms with Crippen LogP contribution >= 0.6 is 0 Å². The van der Waals surface area contributed by atoms with Crippen LogP contribution in [0.1, 0.15) is 0 Å². The molecule has 12 heavy (non-hydrogen) atoms. The molecule has 0 radical (unpaired) electrons. The SMILES string of the molecule is COc1cccc(O/C=N/N)c1. The quantitative estimate of drug-likeness (QED) is 0.315. The number of methoxy groups -OCH3 is 1. The van der Waals surface area contributed by atoms with E-state index in [0.29, 0.717) is 5.75 Å². The van der Waals surface area contributed by atoms with E-state index in [2.05, 4.69) is 5.10 Å². The third-order valence-electron chi connectivity index (χ3n) is 1.29. The molecule has 0 aliphatic carbocycles. The lowest BCUT2D eigenvalue weighted by Crippen LogP contribution is -1.93. The molecule has 0 aromatic heterocycles. The number of rotatable bonds is 3. The van der Waals surface area contributed by atoms with Crippen molar-refractivity contribution >= 4 is 6.40 Å². The molecule has 0 aliphatic rings. The second-order valence-electron chi connectivity index (χ2n) is 2.05. The van der Waals surface area contributed by atoms with Crippen LogP contribution in [0.15, 0.2) is 29.4 Å². The minimum atomic E-state index is 0.642. The van der Waals surface area contributed by atoms with Crippen molar-refractivity contribution in [1.29, 1.82) is 0 Å². The van der Waals surface area contributed by atoms with Crippen LogP contribution in [-0.2, 0) is 0 Å². The smallest absolute Gasteiger partial charge is 0.198 e. The highest BCUT2D eigenvalue weighted by molar-refractivity contribution is 5.52. The molecule has 0 saturated heterocycles. The average molecular weight is 166 g/mol. The topological polar surface area (TPSA) is 56.8 Å². The lowest BCUT2D eigenvalue weighted by atomic mass is 10.3. The maximum atomic E-state index is 5.00. The van der Waals surface area contributed by atoms with Crippen molar-refractivity contribution < 1.29 is 9.47 Å². The fourth-order valence-electron chi connectivity index (χ4n) is 0.766. The summed E-state index contributed by atoms with van der Waals surface area (Å²) in [5.41, 5.74) is 0. The second-order valence-corrected chi connectivity index (χ2v) is 2.05. The van der Waals surface area contributed by atoms with E-state index in [0.717, 1.165) is 12.2 Å². The first kappa shape index (κ1) is 8.39. The van der Waals surface area contributed by atoms with Crippen molar-refractivity contribution in [2.24, 2.45) is 10.9 Å². The molecule has 0 heterocycles. The predicted molar refractivity (Wildman–Crippen MR) is 46.3 cm³/mol. The molecule has 4 nitrogen and oxygen atoms in total. The second kappa shape index (κ2) is 4.23. The van der Waals surface area contributed by atoms with Crippen molar-refractivity contribution in [3.05, 3.63) is 24.3 Å². The van der Waals surface area contributed by atoms with Gasteiger partial charge in [0, 0.05) is 6.07 Å². The lowest BCUT2D eigenvalue weighted by Gasteiger charge is -2.01. The zero-order valence-corrected chi connectivity index (χ0v) is 6.73. The van der Waals surface area contributed by atoms with Crippen LogP contribution < -0.4 is 15.3 Å². The molecule has 64 valence electrons. The molecule has 0 atom stereocenters. The number of hydrogen-bond donors (Lipinski definition) is 1. The summed E-state index contributed by atoms with van der Waals surface area (Å²) >= 11 is 0. The summed E-state index contributed by atoms with van der Waals surface area (Å²) in [6.07, 6.45) is 1.16. The van der Waals surface area contributed by atoms with Crippen LogP contribution in [0.3, 0.4) is 0 Å². The monoisotopic (exact) mass is 166 g/mol. The zero-order valence-electron chi connectivity index (χ0n) is 6.73. The van der Waals surface area contributed by atoms with E-state index < -0.39 is 0 Å². The molecular formula is C8H10N2O2. The first-order chi connectivity index (χ1) is 5.86. The van der Waals surface area contributed by atoms with Crippen LogP contribution in [0.5, 0.6) is 11.5 Å². The summed E-state index contributed by atoms with van der Waals surface area (Å²) in [5, 5.41) is 3.20. The Labute approximate surface area is 70.6 Å². The van der Waals surface area contributed by atoms with E-state index in [4.69, 9.17) is 15.3 Å². The van der Waals surface area contributed by atoms with Gasteiger partial charge in [0.1, 0.15) is 11.5 Å². The van der Waals surface area contributed by atoms with Crippen LogP contribution in [0.4, 0.5) is 0 Å². The first-order valence-electron chi connectivity index (χ1n) is 3.39. The molecule has 0 amide bonds. The van der Waals surface area contributed by atoms with Crippen molar-refractivity contribution in [2.75, 3.05) is 7.11 Å². The Morgan fingerprint density at radius 1 is 1.42 bits per heavy atom. The van der Waals surface area contributed by atoms with Gasteiger partial charge in [-0.3, -0.25) is 0 Å². The van der Waals surface area contributed by atoms with E-state index in [1.165, 1.54) is 0 Å². The van der Waals surface area contributed by atoms with Crippen molar-refractivity contribution in [3.63, 3.8) is 0 Å². The van der Waals surface area contributed by atoms with Gasteiger partial charge in [-0.15, -0.1) is 0 Å². The molecule has 0 spiro atoms. The Morgan fingerprint density at radius 2 is 2.17 bits per heavy atom. The van der Waals surface area contributed by atoms with Gasteiger partial charge in [0.2, 0.25) is 0 Å². The Kier molecular flexibility index (Phi) is 2.95. The highest BCUT2D eigenvalue weighted by Crippen LogP contribution is 2.17. The van der Waals surface area contributed by atoms with Gasteiger partial charge in [0.15, 0.2) is 6.40 Å². The summed E-state index contributed by atoms with van der Waals surface area (Å²) in [5.74, 6) is 6.24. The molecule has 4 heteroatoms. The highest BCUT2D eigenvalue weighted by Gasteiger charge is 1.93. The number of ether oxygens (including phenoxy) is 2. The molecule has 0 aliphatic heterocycles. The van der Waals surface area contributed by atoms with E-state index in [1.54, 1.807) is 19.2 Å². The maximum absolute atomic E-state index is 5.00. The number of hydrazone groups is 1. The molecule has 2 N–H and O–H groups in total. The molecule has 1 aromatic carbocycles. The summed E-state index contributed by atoms with van der Waals surface area (Å²) in [4.78, 5) is 0. The van der Waals surface area contributed by atoms with Gasteiger partial charge in [0.05, 0.1) is 7.11 Å². The predicted octanol–water partition coefficient (Wildman–Crippen LogP) is 0.976. The van der Waals surface area contributed by atoms with Crippen molar-refractivity contribution in [3.8, 4) is 11.5 Å². The minimum absolute atomic E-state index is 0.642. The van der Waals surface area contributed by atoms with Crippen molar-refractivity contribution in [2.45, 2.75) is 0 Å². The lowest BCUT2D eigenvalue weighted by molar-refractivity contribution is 0.412. The van der Waals surface area contributed by atoms with Gasteiger partial charge in [-0.05, 0) is 12.1 Å². The fraction of sp³-hybridized carbons (Fsp3) is 0.125. The fourth-order valence-corrected chi connectivity index (χ4v) is 0.766. The Bertz CT molecular complexity index is 274. The van der Waals surface area contributed by atoms with Crippen LogP contribution in [0.2, 0.25) is 0 Å². The van der Waals surface area contributed by atoms with E-state index >= 15 is 0 Å². The molecule has 0 fully saturated rings. The van der Waals surface area contributed by atoms with Gasteiger partial charge in [-0.2, -0.15) is 5.10 Å². The number of nitrogens with two attached hydrogens (primary N) is 1. The van der Waals surface area contributed by atoms with E-state index in [9.17, 15) is 0 Å². The number of nitrogens with zero attached hydrogens (tertiary/aromatic N) is 1. The van der Waals surface area contributed by atoms with Gasteiger partial charge in [0.25, 0.3) is 0 Å². The molecule has 0 unspecified atom stereocenters. The van der Waals surface area contributed by atoms with Crippen LogP contribution in [-0.4, -0.2) is 13.5 Å². The third-order valence-corrected chi connectivity index (χ3v) is 1.29. The maximum Gasteiger partial charge on any atom is 0.198 e. The third kappa shape index (κ3) is 2.16. The Balaban J connectivity index is 2.72. The zero-order chi connectivity index (χ0) is 8.81. The Hall–Kier alpha value is -1.71. The summed E-state index contributed by atoms with van der Waals surface area (Å²) in [6.45, 7) is 0. The number of benzene rings is 1. The molecule has 1 rings (SSSR count). The molecule has 1 aromatic rings. The normalized spacial score (nSPS) is 10.1. The van der Waals surface area contributed by atoms with Gasteiger partial charge < -0.3 is 15.3 Å². The standard InChI is InChI=1S/C8H10N2O2/c1-11-7-3-2-4-8(5-7)12-6-10-9/h2-6H,9H2,1H3/b10-6+. The summed E-state index contributed by atoms with van der Waals surface area (Å²) < 4.78 is 9.98. The minimum Gasteiger partial charge on any atom is -0.497 e. The van der Waals surface area contributed by atoms with Crippen molar-refractivity contribution in [1.82, 2.24) is 0 Å². The Morgan fingerprint density at radius 3 is 2.83 bits per heavy atom. The molecule has 0 saturated carbocycles. The van der Waals surface area contributed by atoms with Gasteiger partial charge in [-0.1, -0.05) is 6.07 Å². The van der Waals surface area contributed by atoms with Gasteiger partial charge in [-0.25, -0.2) is 0 Å². The van der Waals surface area contributed by atoms with E-state index in [-0.39, 0.29) is 0 Å².